The first-order valence-corrected chi connectivity index (χ1v) is 6.73. The normalized spacial score (nSPS) is 33.2. The van der Waals surface area contributed by atoms with E-state index in [0.29, 0.717) is 0 Å². The summed E-state index contributed by atoms with van der Waals surface area (Å²) in [7, 11) is 0. The van der Waals surface area contributed by atoms with Gasteiger partial charge in [-0.25, -0.2) is 0 Å². The van der Waals surface area contributed by atoms with Crippen molar-refractivity contribution in [2.45, 2.75) is 46.1 Å². The van der Waals surface area contributed by atoms with Gasteiger partial charge in [-0.1, -0.05) is 19.1 Å². The summed E-state index contributed by atoms with van der Waals surface area (Å²) in [5.41, 5.74) is 3.20. The molecular formula is C15H25NO. The molecule has 0 bridgehead atoms. The molecule has 2 heterocycles. The number of hydrogen-bond donors (Lipinski definition) is 1. The van der Waals surface area contributed by atoms with E-state index in [1.807, 2.05) is 0 Å². The third kappa shape index (κ3) is 3.35. The van der Waals surface area contributed by atoms with Crippen LogP contribution in [-0.2, 0) is 4.74 Å². The quantitative estimate of drug-likeness (QED) is 0.652. The maximum Gasteiger partial charge on any atom is 0.0701 e. The Bertz CT molecular complexity index is 336. The molecule has 2 heteroatoms. The van der Waals surface area contributed by atoms with Crippen molar-refractivity contribution in [3.63, 3.8) is 0 Å². The molecule has 0 aromatic rings. The first-order valence-electron chi connectivity index (χ1n) is 6.73. The second-order valence-electron chi connectivity index (χ2n) is 6.14. The lowest BCUT2D eigenvalue weighted by Gasteiger charge is -2.44. The topological polar surface area (TPSA) is 24.6 Å². The number of hydrogen-bond acceptors (Lipinski definition) is 2. The zero-order chi connectivity index (χ0) is 12.5. The standard InChI is InChI=1S/C13H21N.C2H4O/c1-9-6-5-7-11-10(2)8-13(3,4)14-12(9)11;1-2-3-1/h5-6,10-11,14H,7-8H2,1-4H3;1-2H2. The second-order valence-corrected chi connectivity index (χ2v) is 6.14. The fraction of sp³-hybridized carbons (Fsp3) is 0.733. The van der Waals surface area contributed by atoms with Gasteiger partial charge in [-0.05, 0) is 45.1 Å². The Labute approximate surface area is 105 Å². The molecule has 0 saturated carbocycles. The van der Waals surface area contributed by atoms with Crippen molar-refractivity contribution >= 4 is 0 Å². The number of fused-ring (bicyclic) bond motifs is 1. The predicted octanol–water partition coefficient (Wildman–Crippen LogP) is 3.26. The fourth-order valence-corrected chi connectivity index (χ4v) is 2.96. The highest BCUT2D eigenvalue weighted by atomic mass is 16.6. The minimum atomic E-state index is 0.275. The fourth-order valence-electron chi connectivity index (χ4n) is 2.96. The van der Waals surface area contributed by atoms with Gasteiger partial charge in [0, 0.05) is 17.2 Å². The van der Waals surface area contributed by atoms with Gasteiger partial charge in [-0.2, -0.15) is 0 Å². The largest absolute Gasteiger partial charge is 0.383 e. The van der Waals surface area contributed by atoms with E-state index in [-0.39, 0.29) is 5.54 Å². The van der Waals surface area contributed by atoms with Crippen LogP contribution in [0.25, 0.3) is 0 Å². The van der Waals surface area contributed by atoms with Crippen LogP contribution in [0.5, 0.6) is 0 Å². The lowest BCUT2D eigenvalue weighted by Crippen LogP contribution is -2.49. The monoisotopic (exact) mass is 235 g/mol. The van der Waals surface area contributed by atoms with Crippen molar-refractivity contribution in [2.24, 2.45) is 11.8 Å². The van der Waals surface area contributed by atoms with Crippen LogP contribution in [0, 0.1) is 11.8 Å². The van der Waals surface area contributed by atoms with Gasteiger partial charge in [-0.3, -0.25) is 0 Å². The van der Waals surface area contributed by atoms with Gasteiger partial charge >= 0.3 is 0 Å². The predicted molar refractivity (Wildman–Crippen MR) is 71.8 cm³/mol. The first kappa shape index (κ1) is 12.7. The van der Waals surface area contributed by atoms with Gasteiger partial charge < -0.3 is 10.1 Å². The highest BCUT2D eigenvalue weighted by Gasteiger charge is 2.36. The number of ether oxygens (including phenoxy) is 1. The maximum atomic E-state index is 4.50. The van der Waals surface area contributed by atoms with E-state index < -0.39 is 0 Å². The molecule has 0 spiro atoms. The molecule has 96 valence electrons. The number of epoxide rings is 1. The van der Waals surface area contributed by atoms with Gasteiger partial charge in [0.15, 0.2) is 0 Å². The smallest absolute Gasteiger partial charge is 0.0701 e. The van der Waals surface area contributed by atoms with Crippen LogP contribution in [0.4, 0.5) is 0 Å². The van der Waals surface area contributed by atoms with Crippen LogP contribution >= 0.6 is 0 Å². The highest BCUT2D eigenvalue weighted by molar-refractivity contribution is 5.31. The van der Waals surface area contributed by atoms with E-state index in [1.165, 1.54) is 24.1 Å². The van der Waals surface area contributed by atoms with Gasteiger partial charge in [0.2, 0.25) is 0 Å². The zero-order valence-electron chi connectivity index (χ0n) is 11.5. The summed E-state index contributed by atoms with van der Waals surface area (Å²) in [6.45, 7) is 11.2. The van der Waals surface area contributed by atoms with Crippen molar-refractivity contribution in [1.82, 2.24) is 5.32 Å². The van der Waals surface area contributed by atoms with Crippen LogP contribution < -0.4 is 5.32 Å². The van der Waals surface area contributed by atoms with E-state index in [1.54, 1.807) is 0 Å². The summed E-state index contributed by atoms with van der Waals surface area (Å²) in [6.07, 6.45) is 7.08. The van der Waals surface area contributed by atoms with Crippen LogP contribution in [0.2, 0.25) is 0 Å². The van der Waals surface area contributed by atoms with Gasteiger partial charge in [0.1, 0.15) is 0 Å². The Hall–Kier alpha value is -0.760. The number of nitrogens with one attached hydrogen (secondary N) is 1. The summed E-state index contributed by atoms with van der Waals surface area (Å²) in [6, 6.07) is 0. The van der Waals surface area contributed by atoms with Crippen LogP contribution in [0.15, 0.2) is 23.4 Å². The Morgan fingerprint density at radius 3 is 2.59 bits per heavy atom. The molecular weight excluding hydrogens is 210 g/mol. The number of rotatable bonds is 0. The van der Waals surface area contributed by atoms with Crippen molar-refractivity contribution in [1.29, 1.82) is 0 Å². The lowest BCUT2D eigenvalue weighted by molar-refractivity contribution is 0.211. The Kier molecular flexibility index (Phi) is 3.62. The molecule has 2 aliphatic heterocycles. The van der Waals surface area contributed by atoms with Crippen molar-refractivity contribution in [3.05, 3.63) is 23.4 Å². The average Bonchev–Trinajstić information content (AvgIpc) is 3.05. The molecule has 3 aliphatic rings. The van der Waals surface area contributed by atoms with E-state index >= 15 is 0 Å². The summed E-state index contributed by atoms with van der Waals surface area (Å²) < 4.78 is 4.50. The van der Waals surface area contributed by atoms with Gasteiger partial charge in [0.05, 0.1) is 13.2 Å². The molecule has 1 N–H and O–H groups in total. The summed E-state index contributed by atoms with van der Waals surface area (Å²) in [4.78, 5) is 0. The summed E-state index contributed by atoms with van der Waals surface area (Å²) in [5, 5.41) is 3.70. The van der Waals surface area contributed by atoms with Gasteiger partial charge in [-0.15, -0.1) is 0 Å². The molecule has 0 amide bonds. The lowest BCUT2D eigenvalue weighted by atomic mass is 9.73. The third-order valence-corrected chi connectivity index (χ3v) is 3.75. The molecule has 17 heavy (non-hydrogen) atoms. The molecule has 2 nitrogen and oxygen atoms in total. The molecule has 0 aromatic carbocycles. The van der Waals surface area contributed by atoms with Crippen molar-refractivity contribution in [2.75, 3.05) is 13.2 Å². The van der Waals surface area contributed by atoms with E-state index in [4.69, 9.17) is 0 Å². The minimum absolute atomic E-state index is 0.275. The average molecular weight is 235 g/mol. The second kappa shape index (κ2) is 4.85. The number of piperidine rings is 1. The molecule has 2 fully saturated rings. The molecule has 2 unspecified atom stereocenters. The molecule has 0 radical (unpaired) electrons. The van der Waals surface area contributed by atoms with E-state index in [9.17, 15) is 0 Å². The van der Waals surface area contributed by atoms with Crippen molar-refractivity contribution < 1.29 is 4.74 Å². The maximum absolute atomic E-state index is 4.50. The van der Waals surface area contributed by atoms with Crippen LogP contribution in [-0.4, -0.2) is 18.8 Å². The molecule has 3 rings (SSSR count). The first-order chi connectivity index (χ1) is 7.99. The van der Waals surface area contributed by atoms with E-state index in [0.717, 1.165) is 25.0 Å². The van der Waals surface area contributed by atoms with Crippen LogP contribution in [0.3, 0.4) is 0 Å². The minimum Gasteiger partial charge on any atom is -0.383 e. The van der Waals surface area contributed by atoms with E-state index in [2.05, 4.69) is 49.9 Å². The number of allylic oxidation sites excluding steroid dienone is 4. The Morgan fingerprint density at radius 2 is 2.00 bits per heavy atom. The molecule has 2 atom stereocenters. The molecule has 2 saturated heterocycles. The zero-order valence-corrected chi connectivity index (χ0v) is 11.5. The Balaban J connectivity index is 0.000000313. The van der Waals surface area contributed by atoms with Crippen molar-refractivity contribution in [3.8, 4) is 0 Å². The van der Waals surface area contributed by atoms with Gasteiger partial charge in [0.25, 0.3) is 0 Å². The third-order valence-electron chi connectivity index (χ3n) is 3.75. The summed E-state index contributed by atoms with van der Waals surface area (Å²) in [5.74, 6) is 1.55. The van der Waals surface area contributed by atoms with Crippen LogP contribution in [0.1, 0.15) is 40.5 Å². The summed E-state index contributed by atoms with van der Waals surface area (Å²) >= 11 is 0. The molecule has 1 aliphatic carbocycles. The SMILES string of the molecule is C1CO1.CC1=C2NC(C)(C)CC(C)C2CC=C1. The highest BCUT2D eigenvalue weighted by Crippen LogP contribution is 2.39. The molecule has 0 aromatic heterocycles. The Morgan fingerprint density at radius 1 is 1.35 bits per heavy atom.